The third kappa shape index (κ3) is 2.40. The summed E-state index contributed by atoms with van der Waals surface area (Å²) in [4.78, 5) is 35.8. The number of esters is 1. The van der Waals surface area contributed by atoms with Crippen LogP contribution in [0.1, 0.15) is 10.4 Å². The first-order chi connectivity index (χ1) is 9.49. The summed E-state index contributed by atoms with van der Waals surface area (Å²) in [5, 5.41) is 0. The number of carbonyl (C=O) groups is 3. The van der Waals surface area contributed by atoms with Gasteiger partial charge in [-0.25, -0.2) is 0 Å². The second-order valence-corrected chi connectivity index (χ2v) is 5.22. The number of alkyl halides is 1. The molecule has 1 aliphatic rings. The van der Waals surface area contributed by atoms with Gasteiger partial charge < -0.3 is 14.4 Å². The Labute approximate surface area is 123 Å². The first kappa shape index (κ1) is 14.5. The fourth-order valence-corrected chi connectivity index (χ4v) is 2.43. The predicted octanol–water partition coefficient (Wildman–Crippen LogP) is 1.16. The lowest BCUT2D eigenvalue weighted by Gasteiger charge is -2.18. The summed E-state index contributed by atoms with van der Waals surface area (Å²) in [5.41, 5.74) is 0.744. The molecule has 0 aromatic heterocycles. The number of ether oxygens (including phenoxy) is 2. The van der Waals surface area contributed by atoms with Crippen molar-refractivity contribution in [2.75, 3.05) is 25.7 Å². The molecule has 0 aliphatic carbocycles. The number of anilines is 1. The van der Waals surface area contributed by atoms with Crippen LogP contribution in [0.25, 0.3) is 0 Å². The SMILES string of the molecule is COC(=O)C(Br)CN1C(=O)C(=O)c2cc(OC)ccc21. The van der Waals surface area contributed by atoms with E-state index in [0.29, 0.717) is 11.4 Å². The van der Waals surface area contributed by atoms with Crippen molar-refractivity contribution in [1.29, 1.82) is 0 Å². The number of nitrogens with zero attached hydrogens (tertiary/aromatic N) is 1. The van der Waals surface area contributed by atoms with Gasteiger partial charge in [0, 0.05) is 6.54 Å². The van der Waals surface area contributed by atoms with Gasteiger partial charge in [-0.1, -0.05) is 15.9 Å². The molecule has 1 unspecified atom stereocenters. The van der Waals surface area contributed by atoms with Crippen molar-refractivity contribution in [2.45, 2.75) is 4.83 Å². The minimum Gasteiger partial charge on any atom is -0.497 e. The van der Waals surface area contributed by atoms with Gasteiger partial charge in [0.1, 0.15) is 10.6 Å². The molecule has 20 heavy (non-hydrogen) atoms. The molecule has 0 bridgehead atoms. The second-order valence-electron chi connectivity index (χ2n) is 4.12. The molecule has 0 N–H and O–H groups in total. The number of methoxy groups -OCH3 is 2. The van der Waals surface area contributed by atoms with Crippen molar-refractivity contribution in [1.82, 2.24) is 0 Å². The number of amides is 1. The maximum absolute atomic E-state index is 12.0. The fourth-order valence-electron chi connectivity index (χ4n) is 1.95. The smallest absolute Gasteiger partial charge is 0.321 e. The summed E-state index contributed by atoms with van der Waals surface area (Å²) >= 11 is 3.14. The Morgan fingerprint density at radius 3 is 2.65 bits per heavy atom. The molecule has 2 rings (SSSR count). The molecule has 1 aromatic carbocycles. The number of hydrogen-bond acceptors (Lipinski definition) is 5. The average molecular weight is 342 g/mol. The first-order valence-electron chi connectivity index (χ1n) is 5.75. The van der Waals surface area contributed by atoms with E-state index in [1.165, 1.54) is 25.2 Å². The number of halogens is 1. The first-order valence-corrected chi connectivity index (χ1v) is 6.67. The predicted molar refractivity (Wildman–Crippen MR) is 74.4 cm³/mol. The molecule has 1 atom stereocenters. The molecule has 0 saturated heterocycles. The fraction of sp³-hybridized carbons (Fsp3) is 0.308. The van der Waals surface area contributed by atoms with Gasteiger partial charge in [0.05, 0.1) is 25.5 Å². The highest BCUT2D eigenvalue weighted by Gasteiger charge is 2.38. The van der Waals surface area contributed by atoms with Gasteiger partial charge in [0.15, 0.2) is 0 Å². The molecule has 0 saturated carbocycles. The average Bonchev–Trinajstić information content (AvgIpc) is 2.70. The number of rotatable bonds is 4. The van der Waals surface area contributed by atoms with Crippen LogP contribution in [-0.2, 0) is 14.3 Å². The summed E-state index contributed by atoms with van der Waals surface area (Å²) in [5.74, 6) is -1.28. The number of Topliss-reactive ketones (excluding diaryl/α,β-unsaturated/α-hetero) is 1. The molecule has 0 spiro atoms. The summed E-state index contributed by atoms with van der Waals surface area (Å²) in [6.45, 7) is 0.0244. The minimum atomic E-state index is -0.697. The Hall–Kier alpha value is -1.89. The molecule has 0 radical (unpaired) electrons. The summed E-state index contributed by atoms with van der Waals surface area (Å²) in [6, 6.07) is 4.78. The Bertz CT molecular complexity index is 586. The highest BCUT2D eigenvalue weighted by molar-refractivity contribution is 9.10. The highest BCUT2D eigenvalue weighted by atomic mass is 79.9. The van der Waals surface area contributed by atoms with Crippen LogP contribution in [-0.4, -0.2) is 43.3 Å². The van der Waals surface area contributed by atoms with E-state index >= 15 is 0 Å². The van der Waals surface area contributed by atoms with Gasteiger partial charge in [-0.3, -0.25) is 14.4 Å². The van der Waals surface area contributed by atoms with Crippen molar-refractivity contribution in [3.05, 3.63) is 23.8 Å². The van der Waals surface area contributed by atoms with Crippen LogP contribution in [0.5, 0.6) is 5.75 Å². The van der Waals surface area contributed by atoms with E-state index in [-0.39, 0.29) is 12.1 Å². The Morgan fingerprint density at radius 1 is 1.35 bits per heavy atom. The zero-order valence-electron chi connectivity index (χ0n) is 10.9. The van der Waals surface area contributed by atoms with Crippen molar-refractivity contribution >= 4 is 39.3 Å². The zero-order chi connectivity index (χ0) is 14.9. The molecule has 1 heterocycles. The largest absolute Gasteiger partial charge is 0.497 e. The van der Waals surface area contributed by atoms with E-state index < -0.39 is 22.5 Å². The Kier molecular flexibility index (Phi) is 4.08. The lowest BCUT2D eigenvalue weighted by Crippen LogP contribution is -2.37. The molecule has 7 heteroatoms. The quantitative estimate of drug-likeness (QED) is 0.466. The van der Waals surface area contributed by atoms with Gasteiger partial charge in [0.25, 0.3) is 11.7 Å². The van der Waals surface area contributed by atoms with Crippen LogP contribution in [0.15, 0.2) is 18.2 Å². The summed E-state index contributed by atoms with van der Waals surface area (Å²) in [6.07, 6.45) is 0. The van der Waals surface area contributed by atoms with Gasteiger partial charge in [-0.15, -0.1) is 0 Å². The number of benzene rings is 1. The van der Waals surface area contributed by atoms with Gasteiger partial charge >= 0.3 is 5.97 Å². The van der Waals surface area contributed by atoms with Crippen molar-refractivity contribution in [3.63, 3.8) is 0 Å². The van der Waals surface area contributed by atoms with Crippen LogP contribution in [0.4, 0.5) is 5.69 Å². The molecular formula is C13H12BrNO5. The van der Waals surface area contributed by atoms with Gasteiger partial charge in [0.2, 0.25) is 0 Å². The number of ketones is 1. The maximum atomic E-state index is 12.0. The lowest BCUT2D eigenvalue weighted by atomic mass is 10.1. The van der Waals surface area contributed by atoms with Crippen LogP contribution < -0.4 is 9.64 Å². The van der Waals surface area contributed by atoms with E-state index in [2.05, 4.69) is 20.7 Å². The van der Waals surface area contributed by atoms with Crippen molar-refractivity contribution in [3.8, 4) is 5.75 Å². The number of hydrogen-bond donors (Lipinski definition) is 0. The number of fused-ring (bicyclic) bond motifs is 1. The van der Waals surface area contributed by atoms with Crippen molar-refractivity contribution in [2.24, 2.45) is 0 Å². The van der Waals surface area contributed by atoms with E-state index in [1.807, 2.05) is 0 Å². The van der Waals surface area contributed by atoms with Crippen molar-refractivity contribution < 1.29 is 23.9 Å². The van der Waals surface area contributed by atoms with E-state index in [9.17, 15) is 14.4 Å². The van der Waals surface area contributed by atoms with Crippen LogP contribution in [0, 0.1) is 0 Å². The van der Waals surface area contributed by atoms with E-state index in [4.69, 9.17) is 4.74 Å². The molecule has 106 valence electrons. The lowest BCUT2D eigenvalue weighted by molar-refractivity contribution is -0.139. The van der Waals surface area contributed by atoms with Gasteiger partial charge in [-0.2, -0.15) is 0 Å². The standard InChI is InChI=1S/C13H12BrNO5/c1-19-7-3-4-10-8(5-7)11(16)12(17)15(10)6-9(14)13(18)20-2/h3-5,9H,6H2,1-2H3. The summed E-state index contributed by atoms with van der Waals surface area (Å²) in [7, 11) is 2.73. The van der Waals surface area contributed by atoms with Crippen LogP contribution in [0.2, 0.25) is 0 Å². The maximum Gasteiger partial charge on any atom is 0.321 e. The Balaban J connectivity index is 2.31. The highest BCUT2D eigenvalue weighted by Crippen LogP contribution is 2.32. The monoisotopic (exact) mass is 341 g/mol. The zero-order valence-corrected chi connectivity index (χ0v) is 12.5. The summed E-state index contributed by atoms with van der Waals surface area (Å²) < 4.78 is 9.61. The van der Waals surface area contributed by atoms with E-state index in [0.717, 1.165) is 0 Å². The molecule has 1 aliphatic heterocycles. The number of carbonyl (C=O) groups excluding carboxylic acids is 3. The van der Waals surface area contributed by atoms with E-state index in [1.54, 1.807) is 12.1 Å². The Morgan fingerprint density at radius 2 is 2.05 bits per heavy atom. The van der Waals surface area contributed by atoms with Gasteiger partial charge in [-0.05, 0) is 18.2 Å². The molecule has 6 nitrogen and oxygen atoms in total. The second kappa shape index (κ2) is 5.62. The minimum absolute atomic E-state index is 0.0244. The molecule has 0 fully saturated rings. The third-order valence-corrected chi connectivity index (χ3v) is 3.64. The normalized spacial score (nSPS) is 15.1. The molecular weight excluding hydrogens is 330 g/mol. The van der Waals surface area contributed by atoms with Crippen LogP contribution in [0.3, 0.4) is 0 Å². The topological polar surface area (TPSA) is 72.9 Å². The molecule has 1 amide bonds. The van der Waals surface area contributed by atoms with Crippen LogP contribution >= 0.6 is 15.9 Å². The third-order valence-electron chi connectivity index (χ3n) is 2.98. The molecule has 1 aromatic rings.